The predicted molar refractivity (Wildman–Crippen MR) is 182 cm³/mol. The molecular formula is C39H27N2OP. The summed E-state index contributed by atoms with van der Waals surface area (Å²) in [4.78, 5) is 5.08. The van der Waals surface area contributed by atoms with Crippen molar-refractivity contribution >= 4 is 78.3 Å². The largest absolute Gasteiger partial charge is 0.309 e. The normalized spacial score (nSPS) is 14.5. The van der Waals surface area contributed by atoms with E-state index in [4.69, 9.17) is 4.98 Å². The third-order valence-corrected chi connectivity index (χ3v) is 12.2. The first kappa shape index (κ1) is 24.6. The molecule has 1 aliphatic rings. The number of allylic oxidation sites excluding steroid dienone is 1. The molecule has 9 rings (SSSR count). The second-order valence-electron chi connectivity index (χ2n) is 11.4. The number of aryl methyl sites for hydroxylation is 1. The van der Waals surface area contributed by atoms with Crippen molar-refractivity contribution in [3.05, 3.63) is 145 Å². The van der Waals surface area contributed by atoms with Crippen molar-refractivity contribution in [1.82, 2.24) is 9.38 Å². The molecule has 43 heavy (non-hydrogen) atoms. The zero-order chi connectivity index (χ0) is 28.5. The van der Waals surface area contributed by atoms with Gasteiger partial charge in [-0.15, -0.1) is 0 Å². The molecule has 0 bridgehead atoms. The third kappa shape index (κ3) is 3.49. The number of aromatic nitrogens is 2. The quantitative estimate of drug-likeness (QED) is 0.158. The number of para-hydroxylation sites is 2. The van der Waals surface area contributed by atoms with Gasteiger partial charge < -0.3 is 4.57 Å². The van der Waals surface area contributed by atoms with Crippen LogP contribution in [0.2, 0.25) is 0 Å². The van der Waals surface area contributed by atoms with Crippen molar-refractivity contribution in [2.24, 2.45) is 0 Å². The number of hydrogen-bond acceptors (Lipinski definition) is 2. The number of pyridine rings is 1. The summed E-state index contributed by atoms with van der Waals surface area (Å²) in [6, 6.07) is 44.1. The first-order valence-electron chi connectivity index (χ1n) is 14.8. The molecule has 0 N–H and O–H groups in total. The summed E-state index contributed by atoms with van der Waals surface area (Å²) in [7, 11) is -3.35. The lowest BCUT2D eigenvalue weighted by molar-refractivity contribution is 0.592. The van der Waals surface area contributed by atoms with Crippen LogP contribution >= 0.6 is 7.14 Å². The molecule has 0 aliphatic heterocycles. The monoisotopic (exact) mass is 570 g/mol. The summed E-state index contributed by atoms with van der Waals surface area (Å²) in [5, 5.41) is 8.12. The minimum Gasteiger partial charge on any atom is -0.309 e. The van der Waals surface area contributed by atoms with E-state index in [9.17, 15) is 0 Å². The van der Waals surface area contributed by atoms with Gasteiger partial charge in [-0.2, -0.15) is 0 Å². The van der Waals surface area contributed by atoms with Crippen LogP contribution in [0.15, 0.2) is 133 Å². The Morgan fingerprint density at radius 1 is 0.628 bits per heavy atom. The standard InChI is InChI=1S/C39H27N2OP/c42-43(37-21-9-13-26-11-1-3-15-29(26)37,38-22-10-14-27-12-2-4-16-30(27)38)28-23-24-32-31-17-5-6-18-33(31)39-40-34-19-7-8-20-35(34)41(39)36(32)25-28/h1,3-11,13-25H,2,12H2. The van der Waals surface area contributed by atoms with Crippen LogP contribution in [0.1, 0.15) is 17.5 Å². The molecule has 2 heterocycles. The van der Waals surface area contributed by atoms with Crippen LogP contribution in [0.5, 0.6) is 0 Å². The Morgan fingerprint density at radius 3 is 2.30 bits per heavy atom. The van der Waals surface area contributed by atoms with Crippen molar-refractivity contribution in [2.75, 3.05) is 0 Å². The molecule has 0 saturated carbocycles. The SMILES string of the molecule is O=P(c1ccc2c3ccccc3c3nc4ccccc4n3c2c1)(c1cccc2c1C=CCC2)c1cccc2ccccc12. The molecule has 8 aromatic rings. The molecular weight excluding hydrogens is 543 g/mol. The van der Waals surface area contributed by atoms with Crippen LogP contribution in [0.25, 0.3) is 55.2 Å². The Labute approximate surface area is 249 Å². The smallest absolute Gasteiger partial charge is 0.172 e. The number of nitrogens with zero attached hydrogens (tertiary/aromatic N) is 2. The fourth-order valence-corrected chi connectivity index (χ4v) is 10.2. The topological polar surface area (TPSA) is 34.4 Å². The van der Waals surface area contributed by atoms with Crippen molar-refractivity contribution in [1.29, 1.82) is 0 Å². The van der Waals surface area contributed by atoms with Gasteiger partial charge in [0, 0.05) is 26.7 Å². The van der Waals surface area contributed by atoms with E-state index >= 15 is 4.57 Å². The lowest BCUT2D eigenvalue weighted by atomic mass is 9.98. The highest BCUT2D eigenvalue weighted by Gasteiger charge is 2.34. The molecule has 1 aliphatic carbocycles. The average Bonchev–Trinajstić information content (AvgIpc) is 3.47. The second kappa shape index (κ2) is 9.26. The third-order valence-electron chi connectivity index (χ3n) is 9.09. The van der Waals surface area contributed by atoms with E-state index in [0.717, 1.165) is 83.4 Å². The zero-order valence-electron chi connectivity index (χ0n) is 23.4. The summed E-state index contributed by atoms with van der Waals surface area (Å²) in [6.07, 6.45) is 6.36. The summed E-state index contributed by atoms with van der Waals surface area (Å²) >= 11 is 0. The van der Waals surface area contributed by atoms with Crippen LogP contribution in [-0.2, 0) is 11.0 Å². The van der Waals surface area contributed by atoms with E-state index in [0.29, 0.717) is 0 Å². The van der Waals surface area contributed by atoms with Gasteiger partial charge in [-0.3, -0.25) is 4.40 Å². The Balaban J connectivity index is 1.45. The molecule has 0 amide bonds. The minimum atomic E-state index is -3.35. The van der Waals surface area contributed by atoms with Crippen LogP contribution in [0, 0.1) is 0 Å². The number of hydrogen-bond donors (Lipinski definition) is 0. The highest BCUT2D eigenvalue weighted by atomic mass is 31.2. The minimum absolute atomic E-state index is 0.832. The predicted octanol–water partition coefficient (Wildman–Crippen LogP) is 8.55. The zero-order valence-corrected chi connectivity index (χ0v) is 24.3. The Kier molecular flexibility index (Phi) is 5.30. The van der Waals surface area contributed by atoms with Crippen LogP contribution in [0.4, 0.5) is 0 Å². The molecule has 1 unspecified atom stereocenters. The first-order chi connectivity index (χ1) is 21.2. The fraction of sp³-hybridized carbons (Fsp3) is 0.0513. The Hall–Kier alpha value is -4.98. The van der Waals surface area contributed by atoms with Gasteiger partial charge in [-0.1, -0.05) is 121 Å². The molecule has 0 spiro atoms. The van der Waals surface area contributed by atoms with Gasteiger partial charge in [0.15, 0.2) is 7.14 Å². The molecule has 4 heteroatoms. The maximum Gasteiger partial charge on any atom is 0.172 e. The molecule has 1 atom stereocenters. The van der Waals surface area contributed by atoms with Crippen LogP contribution < -0.4 is 15.9 Å². The van der Waals surface area contributed by atoms with Gasteiger partial charge in [0.2, 0.25) is 0 Å². The Bertz CT molecular complexity index is 2500. The Morgan fingerprint density at radius 2 is 1.37 bits per heavy atom. The lowest BCUT2D eigenvalue weighted by Crippen LogP contribution is -2.28. The van der Waals surface area contributed by atoms with E-state index in [1.54, 1.807) is 0 Å². The summed E-state index contributed by atoms with van der Waals surface area (Å²) < 4.78 is 18.5. The highest BCUT2D eigenvalue weighted by Crippen LogP contribution is 2.47. The van der Waals surface area contributed by atoms with Gasteiger partial charge in [0.1, 0.15) is 5.65 Å². The molecule has 0 saturated heterocycles. The van der Waals surface area contributed by atoms with Crippen molar-refractivity contribution in [3.63, 3.8) is 0 Å². The molecule has 0 fully saturated rings. The van der Waals surface area contributed by atoms with E-state index < -0.39 is 7.14 Å². The van der Waals surface area contributed by atoms with Crippen molar-refractivity contribution in [3.8, 4) is 0 Å². The highest BCUT2D eigenvalue weighted by molar-refractivity contribution is 7.85. The molecule has 3 nitrogen and oxygen atoms in total. The van der Waals surface area contributed by atoms with E-state index in [2.05, 4.69) is 120 Å². The van der Waals surface area contributed by atoms with E-state index in [1.807, 2.05) is 24.3 Å². The molecule has 2 aromatic heterocycles. The molecule has 6 aromatic carbocycles. The lowest BCUT2D eigenvalue weighted by Gasteiger charge is -2.26. The summed E-state index contributed by atoms with van der Waals surface area (Å²) in [5.41, 5.74) is 6.29. The number of imidazole rings is 1. The molecule has 0 radical (unpaired) electrons. The number of rotatable bonds is 3. The van der Waals surface area contributed by atoms with Gasteiger partial charge in [0.05, 0.1) is 16.6 Å². The van der Waals surface area contributed by atoms with E-state index in [-0.39, 0.29) is 0 Å². The summed E-state index contributed by atoms with van der Waals surface area (Å²) in [5.74, 6) is 0. The van der Waals surface area contributed by atoms with Gasteiger partial charge >= 0.3 is 0 Å². The number of benzene rings is 6. The summed E-state index contributed by atoms with van der Waals surface area (Å²) in [6.45, 7) is 0. The average molecular weight is 571 g/mol. The maximum atomic E-state index is 16.3. The van der Waals surface area contributed by atoms with Crippen LogP contribution in [-0.4, -0.2) is 9.38 Å². The van der Waals surface area contributed by atoms with E-state index in [1.165, 1.54) is 5.56 Å². The van der Waals surface area contributed by atoms with Crippen LogP contribution in [0.3, 0.4) is 0 Å². The first-order valence-corrected chi connectivity index (χ1v) is 16.5. The van der Waals surface area contributed by atoms with Gasteiger partial charge in [0.25, 0.3) is 0 Å². The van der Waals surface area contributed by atoms with Gasteiger partial charge in [-0.25, -0.2) is 4.98 Å². The van der Waals surface area contributed by atoms with Crippen molar-refractivity contribution in [2.45, 2.75) is 12.8 Å². The van der Waals surface area contributed by atoms with Gasteiger partial charge in [-0.05, 0) is 58.3 Å². The maximum absolute atomic E-state index is 16.3. The molecule has 204 valence electrons. The fourth-order valence-electron chi connectivity index (χ4n) is 7.11. The number of fused-ring (bicyclic) bond motifs is 10. The van der Waals surface area contributed by atoms with Crippen molar-refractivity contribution < 1.29 is 4.57 Å². The second-order valence-corrected chi connectivity index (χ2v) is 14.1.